The number of hydrazone groups is 1. The number of aromatic nitrogens is 1. The van der Waals surface area contributed by atoms with Gasteiger partial charge in [-0.1, -0.05) is 18.2 Å². The molecule has 1 amide bonds. The Bertz CT molecular complexity index is 630. The fourth-order valence-electron chi connectivity index (χ4n) is 2.14. The fraction of sp³-hybridized carbons (Fsp3) is 0.188. The van der Waals surface area contributed by atoms with E-state index in [1.165, 1.54) is 4.90 Å². The molecule has 106 valence electrons. The van der Waals surface area contributed by atoms with Crippen LogP contribution in [0.1, 0.15) is 16.8 Å². The highest BCUT2D eigenvalue weighted by Gasteiger charge is 2.27. The van der Waals surface area contributed by atoms with Crippen molar-refractivity contribution < 1.29 is 4.79 Å². The molecule has 21 heavy (non-hydrogen) atoms. The first-order chi connectivity index (χ1) is 10.3. The number of rotatable bonds is 4. The van der Waals surface area contributed by atoms with Crippen LogP contribution in [0, 0.1) is 0 Å². The van der Waals surface area contributed by atoms with Crippen molar-refractivity contribution in [1.29, 1.82) is 0 Å². The van der Waals surface area contributed by atoms with Crippen LogP contribution in [-0.2, 0) is 0 Å². The lowest BCUT2D eigenvalue weighted by molar-refractivity contribution is 0.0727. The summed E-state index contributed by atoms with van der Waals surface area (Å²) >= 11 is 1.74. The summed E-state index contributed by atoms with van der Waals surface area (Å²) in [5, 5.41) is 5.80. The van der Waals surface area contributed by atoms with Crippen molar-refractivity contribution in [3.05, 3.63) is 60.4 Å². The van der Waals surface area contributed by atoms with E-state index in [-0.39, 0.29) is 11.9 Å². The van der Waals surface area contributed by atoms with Crippen LogP contribution >= 0.6 is 11.8 Å². The van der Waals surface area contributed by atoms with Gasteiger partial charge >= 0.3 is 0 Å². The first-order valence-electron chi connectivity index (χ1n) is 6.78. The third-order valence-electron chi connectivity index (χ3n) is 3.23. The van der Waals surface area contributed by atoms with E-state index in [1.807, 2.05) is 24.4 Å². The number of carbonyl (C=O) groups excluding carboxylic acids is 1. The molecular formula is C16H15N3OS. The Morgan fingerprint density at radius 1 is 1.24 bits per heavy atom. The van der Waals surface area contributed by atoms with E-state index in [9.17, 15) is 4.79 Å². The van der Waals surface area contributed by atoms with E-state index in [0.29, 0.717) is 5.56 Å². The summed E-state index contributed by atoms with van der Waals surface area (Å²) < 4.78 is 0. The summed E-state index contributed by atoms with van der Waals surface area (Å²) in [5.41, 5.74) is 0.575. The summed E-state index contributed by atoms with van der Waals surface area (Å²) in [7, 11) is 0. The van der Waals surface area contributed by atoms with Gasteiger partial charge in [0.2, 0.25) is 0 Å². The normalized spacial score (nSPS) is 17.1. The maximum absolute atomic E-state index is 12.4. The van der Waals surface area contributed by atoms with Crippen LogP contribution in [0.15, 0.2) is 64.9 Å². The quantitative estimate of drug-likeness (QED) is 0.815. The molecule has 0 bridgehead atoms. The zero-order chi connectivity index (χ0) is 14.5. The van der Waals surface area contributed by atoms with Crippen molar-refractivity contribution in [2.24, 2.45) is 5.10 Å². The molecule has 1 aliphatic rings. The second-order valence-corrected chi connectivity index (χ2v) is 5.80. The number of hydrogen-bond donors (Lipinski definition) is 0. The monoisotopic (exact) mass is 297 g/mol. The molecule has 1 atom stereocenters. The smallest absolute Gasteiger partial charge is 0.267 e. The van der Waals surface area contributed by atoms with Crippen molar-refractivity contribution >= 4 is 23.9 Å². The van der Waals surface area contributed by atoms with Crippen LogP contribution in [0.25, 0.3) is 0 Å². The zero-order valence-electron chi connectivity index (χ0n) is 11.4. The standard InChI is InChI=1S/C16H15N3OS/c20-16(13-5-4-9-17-11-13)19-14(8-10-18-19)12-21-15-6-2-1-3-7-15/h1-7,9-11,14H,8,12H2/t14-/m1/s1. The van der Waals surface area contributed by atoms with Crippen LogP contribution in [0.3, 0.4) is 0 Å². The molecule has 1 aromatic heterocycles. The SMILES string of the molecule is O=C(c1cccnc1)N1N=CC[C@@H]1CSc1ccccc1. The van der Waals surface area contributed by atoms with Crippen LogP contribution in [0.2, 0.25) is 0 Å². The molecular weight excluding hydrogens is 282 g/mol. The van der Waals surface area contributed by atoms with Gasteiger partial charge in [0.1, 0.15) is 0 Å². The predicted octanol–water partition coefficient (Wildman–Crippen LogP) is 3.07. The maximum Gasteiger partial charge on any atom is 0.275 e. The Morgan fingerprint density at radius 2 is 2.10 bits per heavy atom. The zero-order valence-corrected chi connectivity index (χ0v) is 12.2. The van der Waals surface area contributed by atoms with Gasteiger partial charge in [-0.2, -0.15) is 5.10 Å². The fourth-order valence-corrected chi connectivity index (χ4v) is 3.15. The van der Waals surface area contributed by atoms with Crippen LogP contribution < -0.4 is 0 Å². The van der Waals surface area contributed by atoms with Crippen LogP contribution in [0.5, 0.6) is 0 Å². The third-order valence-corrected chi connectivity index (χ3v) is 4.39. The topological polar surface area (TPSA) is 45.6 Å². The minimum atomic E-state index is -0.0875. The average Bonchev–Trinajstić information content (AvgIpc) is 3.02. The van der Waals surface area contributed by atoms with Gasteiger partial charge in [-0.15, -0.1) is 11.8 Å². The van der Waals surface area contributed by atoms with Gasteiger partial charge in [0.15, 0.2) is 0 Å². The summed E-state index contributed by atoms with van der Waals surface area (Å²) in [6.45, 7) is 0. The maximum atomic E-state index is 12.4. The Morgan fingerprint density at radius 3 is 2.86 bits per heavy atom. The molecule has 2 heterocycles. The Balaban J connectivity index is 1.65. The highest BCUT2D eigenvalue weighted by atomic mass is 32.2. The Labute approximate surface area is 127 Å². The predicted molar refractivity (Wildman–Crippen MR) is 84.5 cm³/mol. The minimum absolute atomic E-state index is 0.0875. The van der Waals surface area contributed by atoms with Gasteiger partial charge < -0.3 is 0 Å². The molecule has 0 saturated carbocycles. The molecule has 4 nitrogen and oxygen atoms in total. The van der Waals surface area contributed by atoms with Crippen molar-refractivity contribution in [1.82, 2.24) is 9.99 Å². The van der Waals surface area contributed by atoms with E-state index in [2.05, 4.69) is 22.2 Å². The molecule has 1 aromatic carbocycles. The van der Waals surface area contributed by atoms with Crippen LogP contribution in [-0.4, -0.2) is 33.9 Å². The van der Waals surface area contributed by atoms with Crippen molar-refractivity contribution in [3.8, 4) is 0 Å². The largest absolute Gasteiger partial charge is 0.275 e. The summed E-state index contributed by atoms with van der Waals surface area (Å²) in [6, 6.07) is 13.8. The molecule has 0 N–H and O–H groups in total. The first kappa shape index (κ1) is 13.8. The second kappa shape index (κ2) is 6.54. The molecule has 3 rings (SSSR count). The summed E-state index contributed by atoms with van der Waals surface area (Å²) in [4.78, 5) is 17.6. The second-order valence-electron chi connectivity index (χ2n) is 4.70. The van der Waals surface area contributed by atoms with E-state index < -0.39 is 0 Å². The van der Waals surface area contributed by atoms with Crippen molar-refractivity contribution in [3.63, 3.8) is 0 Å². The average molecular weight is 297 g/mol. The number of pyridine rings is 1. The lowest BCUT2D eigenvalue weighted by Gasteiger charge is -2.21. The lowest BCUT2D eigenvalue weighted by Crippen LogP contribution is -2.34. The molecule has 1 aliphatic heterocycles. The molecule has 5 heteroatoms. The van der Waals surface area contributed by atoms with E-state index in [0.717, 1.165) is 12.2 Å². The van der Waals surface area contributed by atoms with Gasteiger partial charge in [0.05, 0.1) is 11.6 Å². The number of hydrogen-bond acceptors (Lipinski definition) is 4. The van der Waals surface area contributed by atoms with E-state index in [1.54, 1.807) is 41.3 Å². The molecule has 2 aromatic rings. The number of benzene rings is 1. The number of thioether (sulfide) groups is 1. The van der Waals surface area contributed by atoms with Gasteiger partial charge in [-0.25, -0.2) is 5.01 Å². The first-order valence-corrected chi connectivity index (χ1v) is 7.77. The van der Waals surface area contributed by atoms with Gasteiger partial charge in [-0.05, 0) is 24.3 Å². The van der Waals surface area contributed by atoms with Gasteiger partial charge in [0, 0.05) is 35.7 Å². The third kappa shape index (κ3) is 3.31. The van der Waals surface area contributed by atoms with E-state index >= 15 is 0 Å². The number of nitrogens with zero attached hydrogens (tertiary/aromatic N) is 3. The van der Waals surface area contributed by atoms with Crippen molar-refractivity contribution in [2.75, 3.05) is 5.75 Å². The Hall–Kier alpha value is -2.14. The number of carbonyl (C=O) groups is 1. The minimum Gasteiger partial charge on any atom is -0.267 e. The van der Waals surface area contributed by atoms with Gasteiger partial charge in [-0.3, -0.25) is 9.78 Å². The van der Waals surface area contributed by atoms with E-state index in [4.69, 9.17) is 0 Å². The molecule has 0 radical (unpaired) electrons. The molecule has 0 fully saturated rings. The molecule has 0 unspecified atom stereocenters. The lowest BCUT2D eigenvalue weighted by atomic mass is 10.2. The van der Waals surface area contributed by atoms with Crippen LogP contribution in [0.4, 0.5) is 0 Å². The number of amides is 1. The van der Waals surface area contributed by atoms with Gasteiger partial charge in [0.25, 0.3) is 5.91 Å². The molecule has 0 spiro atoms. The summed E-state index contributed by atoms with van der Waals surface area (Å²) in [6.07, 6.45) is 5.85. The highest BCUT2D eigenvalue weighted by Crippen LogP contribution is 2.24. The Kier molecular flexibility index (Phi) is 4.31. The molecule has 0 saturated heterocycles. The molecule has 0 aliphatic carbocycles. The highest BCUT2D eigenvalue weighted by molar-refractivity contribution is 7.99. The van der Waals surface area contributed by atoms with Crippen molar-refractivity contribution in [2.45, 2.75) is 17.4 Å². The summed E-state index contributed by atoms with van der Waals surface area (Å²) in [5.74, 6) is 0.742.